The molecule has 4 nitrogen and oxygen atoms in total. The van der Waals surface area contributed by atoms with Crippen LogP contribution in [0.1, 0.15) is 10.5 Å². The molecule has 1 amide bonds. The first-order chi connectivity index (χ1) is 9.54. The fourth-order valence-corrected chi connectivity index (χ4v) is 1.45. The van der Waals surface area contributed by atoms with Crippen molar-refractivity contribution in [3.8, 4) is 5.75 Å². The number of ether oxygens (including phenoxy) is 1. The number of carbonyl (C=O) groups is 1. The lowest BCUT2D eigenvalue weighted by Crippen LogP contribution is -2.14. The molecule has 1 N–H and O–H groups in total. The lowest BCUT2D eigenvalue weighted by Gasteiger charge is -2.07. The van der Waals surface area contributed by atoms with Gasteiger partial charge in [-0.3, -0.25) is 4.79 Å². The van der Waals surface area contributed by atoms with Crippen LogP contribution in [0, 0.1) is 5.95 Å². The van der Waals surface area contributed by atoms with Crippen LogP contribution in [0.5, 0.6) is 5.75 Å². The van der Waals surface area contributed by atoms with Crippen LogP contribution >= 0.6 is 0 Å². The van der Waals surface area contributed by atoms with Crippen LogP contribution in [0.4, 0.5) is 18.9 Å². The summed E-state index contributed by atoms with van der Waals surface area (Å²) in [6.07, 6.45) is 0. The smallest absolute Gasteiger partial charge is 0.387 e. The molecule has 1 heterocycles. The van der Waals surface area contributed by atoms with Gasteiger partial charge in [-0.05, 0) is 36.4 Å². The molecule has 0 aliphatic carbocycles. The Hall–Kier alpha value is -2.57. The van der Waals surface area contributed by atoms with Gasteiger partial charge in [0.25, 0.3) is 5.91 Å². The number of carbonyl (C=O) groups excluding carboxylic acids is 1. The summed E-state index contributed by atoms with van der Waals surface area (Å²) < 4.78 is 40.9. The molecule has 7 heteroatoms. The Balaban J connectivity index is 2.04. The van der Waals surface area contributed by atoms with Crippen LogP contribution < -0.4 is 10.1 Å². The topological polar surface area (TPSA) is 51.2 Å². The quantitative estimate of drug-likeness (QED) is 0.877. The Morgan fingerprint density at radius 2 is 1.85 bits per heavy atom. The summed E-state index contributed by atoms with van der Waals surface area (Å²) in [7, 11) is 0. The number of rotatable bonds is 4. The van der Waals surface area contributed by atoms with Crippen molar-refractivity contribution in [2.24, 2.45) is 0 Å². The molecule has 0 aliphatic rings. The van der Waals surface area contributed by atoms with E-state index in [1.54, 1.807) is 0 Å². The number of hydrogen-bond acceptors (Lipinski definition) is 3. The van der Waals surface area contributed by atoms with Crippen molar-refractivity contribution in [1.29, 1.82) is 0 Å². The molecule has 0 atom stereocenters. The van der Waals surface area contributed by atoms with Gasteiger partial charge in [0.2, 0.25) is 5.95 Å². The molecule has 0 aliphatic heterocycles. The zero-order valence-electron chi connectivity index (χ0n) is 10.0. The highest BCUT2D eigenvalue weighted by Gasteiger charge is 2.09. The first-order valence-corrected chi connectivity index (χ1v) is 5.53. The number of amides is 1. The maximum atomic E-state index is 12.9. The molecule has 0 radical (unpaired) electrons. The van der Waals surface area contributed by atoms with E-state index in [2.05, 4.69) is 15.0 Å². The van der Waals surface area contributed by atoms with E-state index in [-0.39, 0.29) is 11.4 Å². The number of aromatic nitrogens is 1. The van der Waals surface area contributed by atoms with Gasteiger partial charge in [0, 0.05) is 5.69 Å². The molecule has 0 bridgehead atoms. The van der Waals surface area contributed by atoms with Gasteiger partial charge in [0.15, 0.2) is 0 Å². The van der Waals surface area contributed by atoms with E-state index in [4.69, 9.17) is 0 Å². The number of benzene rings is 1. The van der Waals surface area contributed by atoms with E-state index < -0.39 is 18.5 Å². The summed E-state index contributed by atoms with van der Waals surface area (Å²) in [6.45, 7) is -2.91. The molecule has 0 saturated carbocycles. The molecule has 104 valence electrons. The van der Waals surface area contributed by atoms with Crippen molar-refractivity contribution < 1.29 is 22.7 Å². The minimum atomic E-state index is -2.91. The van der Waals surface area contributed by atoms with Gasteiger partial charge in [0.05, 0.1) is 0 Å². The molecule has 0 spiro atoms. The molecule has 2 aromatic rings. The average molecular weight is 282 g/mol. The van der Waals surface area contributed by atoms with Gasteiger partial charge < -0.3 is 10.1 Å². The molecule has 1 aromatic carbocycles. The van der Waals surface area contributed by atoms with Gasteiger partial charge in [-0.15, -0.1) is 0 Å². The van der Waals surface area contributed by atoms with Gasteiger partial charge in [-0.25, -0.2) is 4.98 Å². The van der Waals surface area contributed by atoms with Crippen molar-refractivity contribution in [3.05, 3.63) is 54.1 Å². The Morgan fingerprint density at radius 1 is 1.15 bits per heavy atom. The Morgan fingerprint density at radius 3 is 2.45 bits per heavy atom. The number of nitrogens with one attached hydrogen (secondary N) is 1. The number of alkyl halides is 2. The van der Waals surface area contributed by atoms with Crippen molar-refractivity contribution in [2.75, 3.05) is 5.32 Å². The summed E-state index contributed by atoms with van der Waals surface area (Å²) in [6, 6.07) is 9.15. The van der Waals surface area contributed by atoms with E-state index in [0.717, 1.165) is 6.07 Å². The van der Waals surface area contributed by atoms with Crippen LogP contribution in [0.3, 0.4) is 0 Å². The van der Waals surface area contributed by atoms with E-state index in [9.17, 15) is 18.0 Å². The van der Waals surface area contributed by atoms with Crippen LogP contribution in [0.2, 0.25) is 0 Å². The Kier molecular flexibility index (Phi) is 4.19. The predicted octanol–water partition coefficient (Wildman–Crippen LogP) is 3.07. The molecule has 0 unspecified atom stereocenters. The van der Waals surface area contributed by atoms with Crippen LogP contribution in [0.25, 0.3) is 0 Å². The SMILES string of the molecule is O=C(Nc1ccc(OC(F)F)cc1)c1cccc(F)n1. The number of anilines is 1. The summed E-state index contributed by atoms with van der Waals surface area (Å²) in [5.74, 6) is -1.40. The third kappa shape index (κ3) is 3.71. The van der Waals surface area contributed by atoms with E-state index in [1.807, 2.05) is 0 Å². The number of nitrogens with zero attached hydrogens (tertiary/aromatic N) is 1. The fourth-order valence-electron chi connectivity index (χ4n) is 1.45. The zero-order valence-corrected chi connectivity index (χ0v) is 10.0. The predicted molar refractivity (Wildman–Crippen MR) is 65.2 cm³/mol. The molecule has 2 rings (SSSR count). The Labute approximate surface area is 112 Å². The fraction of sp³-hybridized carbons (Fsp3) is 0.0769. The standard InChI is InChI=1S/C13H9F3N2O2/c14-11-3-1-2-10(18-11)12(19)17-8-4-6-9(7-5-8)20-13(15)16/h1-7,13H,(H,17,19). The third-order valence-corrected chi connectivity index (χ3v) is 2.29. The minimum absolute atomic E-state index is 0.0260. The summed E-state index contributed by atoms with van der Waals surface area (Å²) in [4.78, 5) is 15.2. The van der Waals surface area contributed by atoms with Gasteiger partial charge in [0.1, 0.15) is 11.4 Å². The van der Waals surface area contributed by atoms with E-state index >= 15 is 0 Å². The molecule has 20 heavy (non-hydrogen) atoms. The second-order valence-corrected chi connectivity index (χ2v) is 3.70. The average Bonchev–Trinajstić information content (AvgIpc) is 2.40. The van der Waals surface area contributed by atoms with Gasteiger partial charge in [-0.1, -0.05) is 6.07 Å². The molecular formula is C13H9F3N2O2. The molecule has 0 fully saturated rings. The van der Waals surface area contributed by atoms with Crippen LogP contribution in [0.15, 0.2) is 42.5 Å². The first-order valence-electron chi connectivity index (χ1n) is 5.53. The van der Waals surface area contributed by atoms with Crippen LogP contribution in [-0.4, -0.2) is 17.5 Å². The van der Waals surface area contributed by atoms with E-state index in [1.165, 1.54) is 36.4 Å². The van der Waals surface area contributed by atoms with Gasteiger partial charge >= 0.3 is 6.61 Å². The Bertz CT molecular complexity index is 603. The van der Waals surface area contributed by atoms with Crippen LogP contribution in [-0.2, 0) is 0 Å². The summed E-state index contributed by atoms with van der Waals surface area (Å²) in [5, 5.41) is 2.45. The zero-order chi connectivity index (χ0) is 14.5. The minimum Gasteiger partial charge on any atom is -0.435 e. The van der Waals surface area contributed by atoms with Crippen molar-refractivity contribution in [3.63, 3.8) is 0 Å². The van der Waals surface area contributed by atoms with Crippen molar-refractivity contribution in [2.45, 2.75) is 6.61 Å². The molecule has 1 aromatic heterocycles. The normalized spacial score (nSPS) is 10.4. The maximum absolute atomic E-state index is 12.9. The number of halogens is 3. The second-order valence-electron chi connectivity index (χ2n) is 3.70. The maximum Gasteiger partial charge on any atom is 0.387 e. The molecular weight excluding hydrogens is 273 g/mol. The number of pyridine rings is 1. The summed E-state index contributed by atoms with van der Waals surface area (Å²) in [5.41, 5.74) is 0.264. The number of hydrogen-bond donors (Lipinski definition) is 1. The highest BCUT2D eigenvalue weighted by Crippen LogP contribution is 2.18. The van der Waals surface area contributed by atoms with Crippen molar-refractivity contribution >= 4 is 11.6 Å². The summed E-state index contributed by atoms with van der Waals surface area (Å²) >= 11 is 0. The van der Waals surface area contributed by atoms with Gasteiger partial charge in [-0.2, -0.15) is 13.2 Å². The second kappa shape index (κ2) is 6.05. The highest BCUT2D eigenvalue weighted by molar-refractivity contribution is 6.02. The highest BCUT2D eigenvalue weighted by atomic mass is 19.3. The lowest BCUT2D eigenvalue weighted by atomic mass is 10.3. The third-order valence-electron chi connectivity index (χ3n) is 2.29. The first kappa shape index (κ1) is 13.9. The largest absolute Gasteiger partial charge is 0.435 e. The monoisotopic (exact) mass is 282 g/mol. The van der Waals surface area contributed by atoms with Crippen molar-refractivity contribution in [1.82, 2.24) is 4.98 Å². The lowest BCUT2D eigenvalue weighted by molar-refractivity contribution is -0.0498. The molecule has 0 saturated heterocycles. The van der Waals surface area contributed by atoms with E-state index in [0.29, 0.717) is 5.69 Å².